The van der Waals surface area contributed by atoms with Crippen molar-refractivity contribution in [2.75, 3.05) is 11.5 Å². The second-order valence-corrected chi connectivity index (χ2v) is 13.8. The number of anilines is 1. The van der Waals surface area contributed by atoms with Gasteiger partial charge in [-0.15, -0.1) is 11.3 Å². The molecule has 0 saturated heterocycles. The van der Waals surface area contributed by atoms with E-state index in [9.17, 15) is 14.7 Å². The zero-order chi connectivity index (χ0) is 27.5. The molecule has 0 aromatic carbocycles. The van der Waals surface area contributed by atoms with Crippen LogP contribution in [0.3, 0.4) is 0 Å². The normalized spacial score (nSPS) is 26.4. The number of hydrogen-bond acceptors (Lipinski definition) is 5. The molecular weight excluding hydrogens is 494 g/mol. The summed E-state index contributed by atoms with van der Waals surface area (Å²) in [5.74, 6) is 6.50. The van der Waals surface area contributed by atoms with E-state index in [1.807, 2.05) is 11.0 Å². The molecule has 6 heteroatoms. The number of thiophene rings is 1. The highest BCUT2D eigenvalue weighted by Gasteiger charge is 2.40. The van der Waals surface area contributed by atoms with Crippen molar-refractivity contribution in [2.24, 2.45) is 11.3 Å². The van der Waals surface area contributed by atoms with Gasteiger partial charge < -0.3 is 14.7 Å². The van der Waals surface area contributed by atoms with Gasteiger partial charge in [-0.25, -0.2) is 0 Å². The minimum Gasteiger partial charge on any atom is -0.387 e. The number of amides is 1. The lowest BCUT2D eigenvalue weighted by atomic mass is 9.81. The topological polar surface area (TPSA) is 66.8 Å². The number of carbonyl (C=O) groups is 2. The van der Waals surface area contributed by atoms with E-state index in [1.54, 1.807) is 6.92 Å². The first kappa shape index (κ1) is 29.1. The average Bonchev–Trinajstić information content (AvgIpc) is 3.53. The van der Waals surface area contributed by atoms with Crippen molar-refractivity contribution in [3.63, 3.8) is 0 Å². The van der Waals surface area contributed by atoms with Crippen LogP contribution in [0.25, 0.3) is 0 Å². The Morgan fingerprint density at radius 1 is 1.16 bits per heavy atom. The van der Waals surface area contributed by atoms with Gasteiger partial charge in [-0.3, -0.25) is 9.59 Å². The van der Waals surface area contributed by atoms with Gasteiger partial charge in [0.1, 0.15) is 0 Å². The summed E-state index contributed by atoms with van der Waals surface area (Å²) in [6.07, 6.45) is 12.1. The number of carbonyl (C=O) groups excluding carboxylic acids is 2. The first-order valence-corrected chi connectivity index (χ1v) is 15.3. The Kier molecular flexibility index (Phi) is 9.22. The van der Waals surface area contributed by atoms with Gasteiger partial charge in [0.15, 0.2) is 5.78 Å². The van der Waals surface area contributed by atoms with E-state index in [2.05, 4.69) is 45.6 Å². The van der Waals surface area contributed by atoms with Crippen LogP contribution in [0, 0.1) is 23.2 Å². The number of Topliss-reactive ketones (excluding diaryl/α,β-unsaturated/α-hetero) is 1. The van der Waals surface area contributed by atoms with E-state index in [-0.39, 0.29) is 35.2 Å². The number of ether oxygens (including phenoxy) is 1. The van der Waals surface area contributed by atoms with Gasteiger partial charge in [0.25, 0.3) is 0 Å². The predicted molar refractivity (Wildman–Crippen MR) is 155 cm³/mol. The van der Waals surface area contributed by atoms with Crippen molar-refractivity contribution in [3.8, 4) is 11.8 Å². The fraction of sp³-hybridized carbons (Fsp3) is 0.688. The second-order valence-electron chi connectivity index (χ2n) is 12.8. The molecule has 3 aliphatic rings. The molecule has 5 nitrogen and oxygen atoms in total. The molecule has 0 bridgehead atoms. The molecule has 3 aliphatic carbocycles. The van der Waals surface area contributed by atoms with Crippen molar-refractivity contribution in [3.05, 3.63) is 27.5 Å². The molecule has 0 aliphatic heterocycles. The van der Waals surface area contributed by atoms with E-state index in [0.717, 1.165) is 37.0 Å². The summed E-state index contributed by atoms with van der Waals surface area (Å²) in [6, 6.07) is 1.89. The van der Waals surface area contributed by atoms with Gasteiger partial charge in [0.2, 0.25) is 5.91 Å². The standard InChI is InChI=1S/C32H45NO4S/c1-22-10-12-24(13-11-22)30(35)33(28-20-27(16-17-31(3,4)5)38-29(28)23(2)34)25-14-18-32(36,19-15-25)21-37-26-8-6-7-9-26/h10,20,24-26,36H,6-9,11-15,18-19,21H2,1-5H3/t24-,25-,32+/m0/s1. The van der Waals surface area contributed by atoms with Crippen LogP contribution >= 0.6 is 11.3 Å². The third-order valence-electron chi connectivity index (χ3n) is 8.22. The van der Waals surface area contributed by atoms with E-state index in [0.29, 0.717) is 42.9 Å². The summed E-state index contributed by atoms with van der Waals surface area (Å²) in [7, 11) is 0. The molecule has 0 spiro atoms. The average molecular weight is 540 g/mol. The molecule has 1 aromatic heterocycles. The van der Waals surface area contributed by atoms with Crippen LogP contribution in [0.15, 0.2) is 17.7 Å². The number of ketones is 1. The highest BCUT2D eigenvalue weighted by molar-refractivity contribution is 7.15. The SMILES string of the molecule is CC(=O)c1sc(C#CC(C)(C)C)cc1N(C(=O)[C@H]1CC=C(C)CC1)[C@H]1CC[C@](O)(COC2CCCC2)CC1. The van der Waals surface area contributed by atoms with Crippen LogP contribution in [0.1, 0.15) is 120 Å². The number of nitrogens with zero attached hydrogens (tertiary/aromatic N) is 1. The molecule has 1 aromatic rings. The van der Waals surface area contributed by atoms with Gasteiger partial charge in [-0.2, -0.15) is 0 Å². The summed E-state index contributed by atoms with van der Waals surface area (Å²) in [5, 5.41) is 11.3. The Morgan fingerprint density at radius 3 is 2.42 bits per heavy atom. The number of rotatable bonds is 7. The third kappa shape index (κ3) is 7.37. The fourth-order valence-electron chi connectivity index (χ4n) is 5.88. The summed E-state index contributed by atoms with van der Waals surface area (Å²) in [4.78, 5) is 30.3. The first-order chi connectivity index (χ1) is 17.9. The highest BCUT2D eigenvalue weighted by Crippen LogP contribution is 2.40. The maximum Gasteiger partial charge on any atom is 0.230 e. The lowest BCUT2D eigenvalue weighted by Gasteiger charge is -2.42. The zero-order valence-electron chi connectivity index (χ0n) is 23.9. The monoisotopic (exact) mass is 539 g/mol. The van der Waals surface area contributed by atoms with Gasteiger partial charge in [0.05, 0.1) is 33.8 Å². The molecule has 1 N–H and O–H groups in total. The van der Waals surface area contributed by atoms with Gasteiger partial charge >= 0.3 is 0 Å². The molecule has 38 heavy (non-hydrogen) atoms. The Labute approximate surface area is 233 Å². The van der Waals surface area contributed by atoms with Crippen LogP contribution < -0.4 is 4.90 Å². The Balaban J connectivity index is 1.60. The largest absolute Gasteiger partial charge is 0.387 e. The maximum absolute atomic E-state index is 14.1. The van der Waals surface area contributed by atoms with E-state index < -0.39 is 5.60 Å². The van der Waals surface area contributed by atoms with Crippen molar-refractivity contribution in [1.82, 2.24) is 0 Å². The van der Waals surface area contributed by atoms with E-state index in [4.69, 9.17) is 4.74 Å². The summed E-state index contributed by atoms with van der Waals surface area (Å²) < 4.78 is 6.09. The van der Waals surface area contributed by atoms with E-state index in [1.165, 1.54) is 29.8 Å². The maximum atomic E-state index is 14.1. The summed E-state index contributed by atoms with van der Waals surface area (Å²) >= 11 is 1.39. The Morgan fingerprint density at radius 2 is 1.84 bits per heavy atom. The van der Waals surface area contributed by atoms with Gasteiger partial charge in [-0.05, 0) is 91.5 Å². The Bertz CT molecular complexity index is 1100. The smallest absolute Gasteiger partial charge is 0.230 e. The zero-order valence-corrected chi connectivity index (χ0v) is 24.7. The molecule has 2 saturated carbocycles. The lowest BCUT2D eigenvalue weighted by Crippen LogP contribution is -2.50. The second kappa shape index (κ2) is 12.1. The van der Waals surface area contributed by atoms with Crippen LogP contribution in [0.4, 0.5) is 5.69 Å². The van der Waals surface area contributed by atoms with Crippen LogP contribution in [-0.4, -0.2) is 41.2 Å². The van der Waals surface area contributed by atoms with Crippen LogP contribution in [0.5, 0.6) is 0 Å². The molecule has 1 heterocycles. The van der Waals surface area contributed by atoms with Gasteiger partial charge in [-0.1, -0.05) is 36.3 Å². The molecule has 1 amide bonds. The van der Waals surface area contributed by atoms with E-state index >= 15 is 0 Å². The highest BCUT2D eigenvalue weighted by atomic mass is 32.1. The molecule has 0 radical (unpaired) electrons. The molecule has 208 valence electrons. The third-order valence-corrected chi connectivity index (χ3v) is 9.36. The predicted octanol–water partition coefficient (Wildman–Crippen LogP) is 7.06. The van der Waals surface area contributed by atoms with Crippen molar-refractivity contribution < 1.29 is 19.4 Å². The number of allylic oxidation sites excluding steroid dienone is 2. The number of aliphatic hydroxyl groups is 1. The minimum atomic E-state index is -0.847. The minimum absolute atomic E-state index is 0.0386. The van der Waals surface area contributed by atoms with Crippen LogP contribution in [0.2, 0.25) is 0 Å². The molecule has 4 rings (SSSR count). The molecule has 0 unspecified atom stereocenters. The van der Waals surface area contributed by atoms with Crippen molar-refractivity contribution in [2.45, 2.75) is 123 Å². The fourth-order valence-corrected chi connectivity index (χ4v) is 6.77. The Hall–Kier alpha value is -1.94. The quantitative estimate of drug-likeness (QED) is 0.229. The first-order valence-electron chi connectivity index (χ1n) is 14.4. The molecule has 1 atom stereocenters. The number of hydrogen-bond donors (Lipinski definition) is 1. The molecule has 2 fully saturated rings. The van der Waals surface area contributed by atoms with Gasteiger partial charge in [0, 0.05) is 24.3 Å². The van der Waals surface area contributed by atoms with Crippen molar-refractivity contribution in [1.29, 1.82) is 0 Å². The lowest BCUT2D eigenvalue weighted by molar-refractivity contribution is -0.124. The van der Waals surface area contributed by atoms with Crippen LogP contribution in [-0.2, 0) is 9.53 Å². The summed E-state index contributed by atoms with van der Waals surface area (Å²) in [6.45, 7) is 10.3. The molecular formula is C32H45NO4S. The summed E-state index contributed by atoms with van der Waals surface area (Å²) in [5.41, 5.74) is 1.04. The van der Waals surface area contributed by atoms with Crippen molar-refractivity contribution >= 4 is 28.7 Å².